The molecule has 0 amide bonds. The number of nitrogens with two attached hydrogens (primary N) is 1. The van der Waals surface area contributed by atoms with Crippen LogP contribution in [0.2, 0.25) is 5.02 Å². The maximum Gasteiger partial charge on any atom is 0.0638 e. The first-order valence-electron chi connectivity index (χ1n) is 5.62. The van der Waals surface area contributed by atoms with Gasteiger partial charge < -0.3 is 11.1 Å². The van der Waals surface area contributed by atoms with Crippen molar-refractivity contribution in [3.63, 3.8) is 0 Å². The van der Waals surface area contributed by atoms with Crippen LogP contribution in [0.25, 0.3) is 0 Å². The van der Waals surface area contributed by atoms with E-state index in [4.69, 9.17) is 17.3 Å². The first-order chi connectivity index (χ1) is 7.65. The smallest absolute Gasteiger partial charge is 0.0638 e. The topological polar surface area (TPSA) is 38.0 Å². The van der Waals surface area contributed by atoms with Crippen LogP contribution in [0.1, 0.15) is 25.7 Å². The Morgan fingerprint density at radius 1 is 1.25 bits per heavy atom. The standard InChI is InChI=1S/C12H16BrClN2/c13-8-1-6-11(14)12(7-8)16-10-4-2-9(15)3-5-10/h1,6-7,9-10,16H,2-5,15H2. The van der Waals surface area contributed by atoms with Gasteiger partial charge in [0.2, 0.25) is 0 Å². The molecule has 0 bridgehead atoms. The summed E-state index contributed by atoms with van der Waals surface area (Å²) in [6, 6.07) is 6.77. The molecular formula is C12H16BrClN2. The van der Waals surface area contributed by atoms with Crippen LogP contribution in [0.3, 0.4) is 0 Å². The SMILES string of the molecule is NC1CCC(Nc2cc(Br)ccc2Cl)CC1. The lowest BCUT2D eigenvalue weighted by atomic mass is 9.92. The van der Waals surface area contributed by atoms with Crippen molar-refractivity contribution < 1.29 is 0 Å². The summed E-state index contributed by atoms with van der Waals surface area (Å²) < 4.78 is 1.05. The molecule has 1 aliphatic rings. The Labute approximate surface area is 110 Å². The molecule has 0 aromatic heterocycles. The summed E-state index contributed by atoms with van der Waals surface area (Å²) in [4.78, 5) is 0. The second-order valence-electron chi connectivity index (χ2n) is 4.38. The molecule has 0 atom stereocenters. The van der Waals surface area contributed by atoms with Gasteiger partial charge in [-0.15, -0.1) is 0 Å². The van der Waals surface area contributed by atoms with Crippen molar-refractivity contribution in [1.29, 1.82) is 0 Å². The zero-order valence-electron chi connectivity index (χ0n) is 9.05. The second-order valence-corrected chi connectivity index (χ2v) is 5.70. The highest BCUT2D eigenvalue weighted by Crippen LogP contribution is 2.29. The number of nitrogens with one attached hydrogen (secondary N) is 1. The highest BCUT2D eigenvalue weighted by atomic mass is 79.9. The van der Waals surface area contributed by atoms with E-state index in [0.717, 1.165) is 40.9 Å². The lowest BCUT2D eigenvalue weighted by molar-refractivity contribution is 0.411. The Hall–Kier alpha value is -0.250. The van der Waals surface area contributed by atoms with Crippen LogP contribution in [0.15, 0.2) is 22.7 Å². The van der Waals surface area contributed by atoms with E-state index in [1.807, 2.05) is 18.2 Å². The summed E-state index contributed by atoms with van der Waals surface area (Å²) >= 11 is 9.59. The first kappa shape index (κ1) is 12.2. The van der Waals surface area contributed by atoms with Crippen LogP contribution < -0.4 is 11.1 Å². The highest BCUT2D eigenvalue weighted by molar-refractivity contribution is 9.10. The molecule has 0 saturated heterocycles. The van der Waals surface area contributed by atoms with E-state index >= 15 is 0 Å². The Bertz CT molecular complexity index is 362. The number of halogens is 2. The quantitative estimate of drug-likeness (QED) is 0.872. The molecule has 88 valence electrons. The molecule has 0 radical (unpaired) electrons. The lowest BCUT2D eigenvalue weighted by Gasteiger charge is -2.28. The number of rotatable bonds is 2. The molecule has 0 unspecified atom stereocenters. The minimum atomic E-state index is 0.385. The minimum absolute atomic E-state index is 0.385. The maximum atomic E-state index is 6.14. The number of benzene rings is 1. The number of anilines is 1. The fourth-order valence-electron chi connectivity index (χ4n) is 2.09. The van der Waals surface area contributed by atoms with Crippen LogP contribution in [-0.2, 0) is 0 Å². The minimum Gasteiger partial charge on any atom is -0.381 e. The van der Waals surface area contributed by atoms with E-state index < -0.39 is 0 Å². The average Bonchev–Trinajstić information content (AvgIpc) is 2.27. The molecule has 1 aliphatic carbocycles. The fraction of sp³-hybridized carbons (Fsp3) is 0.500. The van der Waals surface area contributed by atoms with Gasteiger partial charge >= 0.3 is 0 Å². The van der Waals surface area contributed by atoms with E-state index in [0.29, 0.717) is 12.1 Å². The molecular weight excluding hydrogens is 288 g/mol. The van der Waals surface area contributed by atoms with Gasteiger partial charge in [0.05, 0.1) is 10.7 Å². The predicted molar refractivity (Wildman–Crippen MR) is 73.0 cm³/mol. The van der Waals surface area contributed by atoms with E-state index in [1.54, 1.807) is 0 Å². The Balaban J connectivity index is 2.00. The van der Waals surface area contributed by atoms with E-state index in [1.165, 1.54) is 0 Å². The van der Waals surface area contributed by atoms with Crippen LogP contribution in [0.5, 0.6) is 0 Å². The van der Waals surface area contributed by atoms with Crippen molar-refractivity contribution >= 4 is 33.2 Å². The molecule has 1 fully saturated rings. The monoisotopic (exact) mass is 302 g/mol. The summed E-state index contributed by atoms with van der Waals surface area (Å²) in [7, 11) is 0. The van der Waals surface area contributed by atoms with Crippen molar-refractivity contribution in [2.45, 2.75) is 37.8 Å². The van der Waals surface area contributed by atoms with Crippen LogP contribution in [0, 0.1) is 0 Å². The zero-order chi connectivity index (χ0) is 11.5. The van der Waals surface area contributed by atoms with Crippen LogP contribution in [-0.4, -0.2) is 12.1 Å². The predicted octanol–water partition coefficient (Wildman–Crippen LogP) is 3.78. The van der Waals surface area contributed by atoms with Gasteiger partial charge in [-0.05, 0) is 43.9 Å². The number of hydrogen-bond acceptors (Lipinski definition) is 2. The van der Waals surface area contributed by atoms with Gasteiger partial charge in [0.15, 0.2) is 0 Å². The second kappa shape index (κ2) is 5.39. The lowest BCUT2D eigenvalue weighted by Crippen LogP contribution is -2.32. The summed E-state index contributed by atoms with van der Waals surface area (Å²) in [5, 5.41) is 4.27. The van der Waals surface area contributed by atoms with E-state index in [9.17, 15) is 0 Å². The van der Waals surface area contributed by atoms with Crippen molar-refractivity contribution in [3.8, 4) is 0 Å². The molecule has 16 heavy (non-hydrogen) atoms. The molecule has 0 aliphatic heterocycles. The fourth-order valence-corrected chi connectivity index (χ4v) is 2.62. The molecule has 1 aromatic carbocycles. The molecule has 0 heterocycles. The van der Waals surface area contributed by atoms with Crippen molar-refractivity contribution in [2.75, 3.05) is 5.32 Å². The van der Waals surface area contributed by atoms with Gasteiger partial charge in [0, 0.05) is 16.6 Å². The summed E-state index contributed by atoms with van der Waals surface area (Å²) in [6.07, 6.45) is 4.46. The van der Waals surface area contributed by atoms with Crippen molar-refractivity contribution in [2.24, 2.45) is 5.73 Å². The van der Waals surface area contributed by atoms with E-state index in [2.05, 4.69) is 21.2 Å². The molecule has 1 saturated carbocycles. The molecule has 2 nitrogen and oxygen atoms in total. The van der Waals surface area contributed by atoms with Crippen LogP contribution in [0.4, 0.5) is 5.69 Å². The third-order valence-electron chi connectivity index (χ3n) is 3.06. The molecule has 0 spiro atoms. The molecule has 3 N–H and O–H groups in total. The maximum absolute atomic E-state index is 6.14. The number of hydrogen-bond donors (Lipinski definition) is 2. The average molecular weight is 304 g/mol. The zero-order valence-corrected chi connectivity index (χ0v) is 11.4. The summed E-state index contributed by atoms with van der Waals surface area (Å²) in [6.45, 7) is 0. The van der Waals surface area contributed by atoms with Crippen LogP contribution >= 0.6 is 27.5 Å². The molecule has 4 heteroatoms. The highest BCUT2D eigenvalue weighted by Gasteiger charge is 2.18. The van der Waals surface area contributed by atoms with E-state index in [-0.39, 0.29) is 0 Å². The molecule has 2 rings (SSSR count). The third kappa shape index (κ3) is 3.12. The van der Waals surface area contributed by atoms with Gasteiger partial charge in [-0.3, -0.25) is 0 Å². The summed E-state index contributed by atoms with van der Waals surface area (Å²) in [5.41, 5.74) is 6.89. The third-order valence-corrected chi connectivity index (χ3v) is 3.88. The van der Waals surface area contributed by atoms with Gasteiger partial charge in [-0.1, -0.05) is 27.5 Å². The first-order valence-corrected chi connectivity index (χ1v) is 6.79. The largest absolute Gasteiger partial charge is 0.381 e. The normalized spacial score (nSPS) is 25.4. The molecule has 1 aromatic rings. The Morgan fingerprint density at radius 3 is 2.62 bits per heavy atom. The van der Waals surface area contributed by atoms with Crippen molar-refractivity contribution in [3.05, 3.63) is 27.7 Å². The summed E-state index contributed by atoms with van der Waals surface area (Å²) in [5.74, 6) is 0. The van der Waals surface area contributed by atoms with Gasteiger partial charge in [0.1, 0.15) is 0 Å². The van der Waals surface area contributed by atoms with Gasteiger partial charge in [-0.2, -0.15) is 0 Å². The van der Waals surface area contributed by atoms with Gasteiger partial charge in [-0.25, -0.2) is 0 Å². The Kier molecular flexibility index (Phi) is 4.11. The van der Waals surface area contributed by atoms with Gasteiger partial charge in [0.25, 0.3) is 0 Å². The van der Waals surface area contributed by atoms with Crippen molar-refractivity contribution in [1.82, 2.24) is 0 Å². The Morgan fingerprint density at radius 2 is 1.94 bits per heavy atom.